The Morgan fingerprint density at radius 1 is 1.26 bits per heavy atom. The first kappa shape index (κ1) is 14.9. The number of H-pyrrole nitrogens is 1. The number of halogens is 1. The maximum Gasteiger partial charge on any atom is 0.290 e. The summed E-state index contributed by atoms with van der Waals surface area (Å²) in [6.07, 6.45) is 2.19. The van der Waals surface area contributed by atoms with Gasteiger partial charge in [0.15, 0.2) is 17.3 Å². The number of allylic oxidation sites excluding steroid dienone is 1. The molecule has 0 aliphatic carbocycles. The molecule has 0 aliphatic rings. The first-order chi connectivity index (χ1) is 11.1. The number of nitrogens with one attached hydrogen (secondary N) is 1. The highest BCUT2D eigenvalue weighted by Crippen LogP contribution is 2.25. The number of nitrogens with zero attached hydrogens (tertiary/aromatic N) is 2. The van der Waals surface area contributed by atoms with Crippen LogP contribution in [0.4, 0.5) is 0 Å². The molecule has 3 rings (SSSR count). The number of aromatic amines is 1. The summed E-state index contributed by atoms with van der Waals surface area (Å²) in [5, 5.41) is 16.3. The lowest BCUT2D eigenvalue weighted by molar-refractivity contribution is 0.101. The summed E-state index contributed by atoms with van der Waals surface area (Å²) in [6, 6.07) is 9.62. The number of carbonyl (C=O) groups is 1. The molecule has 2 aromatic heterocycles. The molecule has 0 atom stereocenters. The largest absolute Gasteiger partial charge is 0.504 e. The quantitative estimate of drug-likeness (QED) is 0.420. The van der Waals surface area contributed by atoms with Crippen LogP contribution in [-0.2, 0) is 0 Å². The van der Waals surface area contributed by atoms with Crippen molar-refractivity contribution in [2.75, 3.05) is 0 Å². The number of hydrogen-bond acceptors (Lipinski definition) is 6. The van der Waals surface area contributed by atoms with Crippen LogP contribution in [0.1, 0.15) is 16.4 Å². The molecule has 0 radical (unpaired) electrons. The second-order valence-corrected chi connectivity index (χ2v) is 4.84. The molecule has 116 valence electrons. The van der Waals surface area contributed by atoms with Gasteiger partial charge in [0.25, 0.3) is 5.95 Å². The lowest BCUT2D eigenvalue weighted by atomic mass is 10.2. The molecule has 0 bridgehead atoms. The fourth-order valence-electron chi connectivity index (χ4n) is 1.72. The molecule has 1 aromatic carbocycles. The molecule has 0 saturated heterocycles. The van der Waals surface area contributed by atoms with Crippen LogP contribution in [0.25, 0.3) is 5.76 Å². The first-order valence-electron chi connectivity index (χ1n) is 6.46. The van der Waals surface area contributed by atoms with Gasteiger partial charge >= 0.3 is 0 Å². The van der Waals surface area contributed by atoms with E-state index in [1.54, 1.807) is 24.3 Å². The minimum Gasteiger partial charge on any atom is -0.504 e. The molecule has 0 unspecified atom stereocenters. The molecular weight excluding hydrogens is 322 g/mol. The van der Waals surface area contributed by atoms with Crippen molar-refractivity contribution in [3.8, 4) is 11.7 Å². The Morgan fingerprint density at radius 2 is 2.04 bits per heavy atom. The van der Waals surface area contributed by atoms with E-state index in [1.807, 2.05) is 0 Å². The van der Waals surface area contributed by atoms with Crippen LogP contribution < -0.4 is 4.74 Å². The van der Waals surface area contributed by atoms with Crippen molar-refractivity contribution in [2.24, 2.45) is 0 Å². The summed E-state index contributed by atoms with van der Waals surface area (Å²) in [6.45, 7) is 0. The zero-order valence-corrected chi connectivity index (χ0v) is 12.3. The predicted molar refractivity (Wildman–Crippen MR) is 81.6 cm³/mol. The average molecular weight is 332 g/mol. The van der Waals surface area contributed by atoms with Crippen LogP contribution in [0, 0.1) is 0 Å². The average Bonchev–Trinajstić information content (AvgIpc) is 3.21. The molecule has 0 fully saturated rings. The molecule has 0 amide bonds. The van der Waals surface area contributed by atoms with Crippen LogP contribution in [0.5, 0.6) is 11.7 Å². The van der Waals surface area contributed by atoms with Crippen molar-refractivity contribution < 1.29 is 19.1 Å². The number of hydrogen-bond donors (Lipinski definition) is 2. The molecule has 2 N–H and O–H groups in total. The van der Waals surface area contributed by atoms with Gasteiger partial charge in [0.1, 0.15) is 12.1 Å². The van der Waals surface area contributed by atoms with E-state index in [2.05, 4.69) is 15.2 Å². The number of aromatic nitrogens is 3. The van der Waals surface area contributed by atoms with Gasteiger partial charge in [-0.1, -0.05) is 11.6 Å². The van der Waals surface area contributed by atoms with Crippen LogP contribution in [0.2, 0.25) is 5.02 Å². The van der Waals surface area contributed by atoms with Crippen LogP contribution >= 0.6 is 11.6 Å². The number of rotatable bonds is 5. The van der Waals surface area contributed by atoms with Crippen LogP contribution in [0.3, 0.4) is 0 Å². The van der Waals surface area contributed by atoms with Crippen molar-refractivity contribution in [3.05, 3.63) is 65.4 Å². The van der Waals surface area contributed by atoms with Gasteiger partial charge in [-0.3, -0.25) is 9.89 Å². The smallest absolute Gasteiger partial charge is 0.290 e. The van der Waals surface area contributed by atoms with Crippen molar-refractivity contribution in [2.45, 2.75) is 0 Å². The number of carbonyl (C=O) groups excluding carboxylic acids is 1. The lowest BCUT2D eigenvalue weighted by Crippen LogP contribution is -1.95. The summed E-state index contributed by atoms with van der Waals surface area (Å²) in [5.41, 5.74) is 0. The number of furan rings is 1. The Kier molecular flexibility index (Phi) is 4.11. The normalized spacial score (nSPS) is 11.4. The van der Waals surface area contributed by atoms with Gasteiger partial charge in [0, 0.05) is 17.2 Å². The Morgan fingerprint density at radius 3 is 2.74 bits per heavy atom. The standard InChI is InChI=1S/C15H10ClN3O4/c16-9-1-3-10(4-2-9)22-14-6-5-13(23-14)11(20)7-12(21)15-17-8-18-19-15/h1-8,21H,(H,17,18,19). The van der Waals surface area contributed by atoms with Gasteiger partial charge in [-0.25, -0.2) is 4.98 Å². The van der Waals surface area contributed by atoms with Gasteiger partial charge in [0.05, 0.1) is 0 Å². The van der Waals surface area contributed by atoms with Crippen LogP contribution in [-0.4, -0.2) is 26.1 Å². The topological polar surface area (TPSA) is 101 Å². The molecule has 8 heteroatoms. The molecule has 23 heavy (non-hydrogen) atoms. The monoisotopic (exact) mass is 331 g/mol. The second kappa shape index (κ2) is 6.37. The van der Waals surface area contributed by atoms with Gasteiger partial charge < -0.3 is 14.3 Å². The van der Waals surface area contributed by atoms with Gasteiger partial charge in [-0.15, -0.1) is 0 Å². The minimum absolute atomic E-state index is 0.0139. The molecular formula is C15H10ClN3O4. The first-order valence-corrected chi connectivity index (χ1v) is 6.83. The highest BCUT2D eigenvalue weighted by atomic mass is 35.5. The number of aliphatic hydroxyl groups excluding tert-OH is 1. The van der Waals surface area contributed by atoms with Gasteiger partial charge in [-0.2, -0.15) is 5.10 Å². The lowest BCUT2D eigenvalue weighted by Gasteiger charge is -2.01. The fraction of sp³-hybridized carbons (Fsp3) is 0. The summed E-state index contributed by atoms with van der Waals surface area (Å²) < 4.78 is 10.7. The molecule has 0 aliphatic heterocycles. The van der Waals surface area contributed by atoms with E-state index >= 15 is 0 Å². The Labute approximate surface area is 135 Å². The van der Waals surface area contributed by atoms with E-state index in [-0.39, 0.29) is 23.3 Å². The van der Waals surface area contributed by atoms with Crippen molar-refractivity contribution in [3.63, 3.8) is 0 Å². The predicted octanol–water partition coefficient (Wildman–Crippen LogP) is 3.63. The number of ether oxygens (including phenoxy) is 1. The third-order valence-corrected chi connectivity index (χ3v) is 3.03. The van der Waals surface area contributed by atoms with E-state index in [9.17, 15) is 9.90 Å². The highest BCUT2D eigenvalue weighted by Gasteiger charge is 2.13. The molecule has 0 saturated carbocycles. The van der Waals surface area contributed by atoms with Crippen molar-refractivity contribution in [1.82, 2.24) is 15.2 Å². The van der Waals surface area contributed by atoms with E-state index in [1.165, 1.54) is 18.5 Å². The van der Waals surface area contributed by atoms with E-state index in [0.29, 0.717) is 10.8 Å². The van der Waals surface area contributed by atoms with Crippen molar-refractivity contribution >= 4 is 23.1 Å². The van der Waals surface area contributed by atoms with Gasteiger partial charge in [0.2, 0.25) is 5.78 Å². The molecule has 3 aromatic rings. The van der Waals surface area contributed by atoms with Gasteiger partial charge in [-0.05, 0) is 30.3 Å². The zero-order valence-electron chi connectivity index (χ0n) is 11.6. The molecule has 2 heterocycles. The zero-order chi connectivity index (χ0) is 16.2. The van der Waals surface area contributed by atoms with E-state index in [4.69, 9.17) is 20.8 Å². The number of aliphatic hydroxyl groups is 1. The van der Waals surface area contributed by atoms with Crippen LogP contribution in [0.15, 0.2) is 53.2 Å². The number of ketones is 1. The van der Waals surface area contributed by atoms with Crippen molar-refractivity contribution in [1.29, 1.82) is 0 Å². The Balaban J connectivity index is 1.72. The molecule has 7 nitrogen and oxygen atoms in total. The number of benzene rings is 1. The Hall–Kier alpha value is -3.06. The van der Waals surface area contributed by atoms with E-state index < -0.39 is 5.78 Å². The minimum atomic E-state index is -0.537. The summed E-state index contributed by atoms with van der Waals surface area (Å²) >= 11 is 5.79. The summed E-state index contributed by atoms with van der Waals surface area (Å²) in [7, 11) is 0. The van der Waals surface area contributed by atoms with E-state index in [0.717, 1.165) is 6.08 Å². The SMILES string of the molecule is O=C(C=C(O)c1ncn[nH]1)c1ccc(Oc2ccc(Cl)cc2)o1. The Bertz CT molecular complexity index is 838. The fourth-order valence-corrected chi connectivity index (χ4v) is 1.84. The summed E-state index contributed by atoms with van der Waals surface area (Å²) in [4.78, 5) is 15.7. The third-order valence-electron chi connectivity index (χ3n) is 2.78. The second-order valence-electron chi connectivity index (χ2n) is 4.40. The molecule has 0 spiro atoms. The highest BCUT2D eigenvalue weighted by molar-refractivity contribution is 6.30. The maximum atomic E-state index is 12.0. The third kappa shape index (κ3) is 3.58. The summed E-state index contributed by atoms with van der Waals surface area (Å²) in [5.74, 6) is -0.123. The maximum absolute atomic E-state index is 12.0.